The van der Waals surface area contributed by atoms with Crippen LogP contribution < -0.4 is 5.73 Å². The third-order valence-corrected chi connectivity index (χ3v) is 3.67. The fourth-order valence-corrected chi connectivity index (χ4v) is 2.84. The second kappa shape index (κ2) is 3.48. The fraction of sp³-hybridized carbons (Fsp3) is 0.111. The molecule has 0 radical (unpaired) electrons. The summed E-state index contributed by atoms with van der Waals surface area (Å²) in [6, 6.07) is 3.68. The van der Waals surface area contributed by atoms with E-state index in [0.717, 1.165) is 31.9 Å². The van der Waals surface area contributed by atoms with Crippen molar-refractivity contribution >= 4 is 39.0 Å². The first-order valence-corrected chi connectivity index (χ1v) is 5.57. The number of nitriles is 1. The molecule has 2 aromatic rings. The van der Waals surface area contributed by atoms with Crippen molar-refractivity contribution in [3.63, 3.8) is 0 Å². The topological polar surface area (TPSA) is 62.7 Å². The molecule has 1 aromatic carbocycles. The van der Waals surface area contributed by atoms with Crippen LogP contribution in [-0.2, 0) is 0 Å². The molecule has 0 saturated carbocycles. The van der Waals surface area contributed by atoms with Gasteiger partial charge in [0.05, 0.1) is 20.1 Å². The molecule has 5 heteroatoms. The molecule has 2 rings (SSSR count). The van der Waals surface area contributed by atoms with Crippen LogP contribution in [0.2, 0.25) is 0 Å². The smallest absolute Gasteiger partial charge is 0.138 e. The molecule has 1 heterocycles. The summed E-state index contributed by atoms with van der Waals surface area (Å²) in [7, 11) is 0. The van der Waals surface area contributed by atoms with Crippen molar-refractivity contribution in [3.8, 4) is 5.40 Å². The Morgan fingerprint density at radius 2 is 2.36 bits per heavy atom. The van der Waals surface area contributed by atoms with Crippen molar-refractivity contribution in [1.29, 1.82) is 5.26 Å². The van der Waals surface area contributed by atoms with Crippen molar-refractivity contribution in [2.45, 2.75) is 11.8 Å². The minimum atomic E-state index is 0.646. The number of aryl methyl sites for hydroxylation is 1. The second-order valence-electron chi connectivity index (χ2n) is 2.76. The Labute approximate surface area is 89.6 Å². The molecule has 3 nitrogen and oxygen atoms in total. The number of benzene rings is 1. The van der Waals surface area contributed by atoms with E-state index in [-0.39, 0.29) is 0 Å². The van der Waals surface area contributed by atoms with E-state index in [1.165, 1.54) is 0 Å². The van der Waals surface area contributed by atoms with E-state index in [0.29, 0.717) is 5.69 Å². The normalized spacial score (nSPS) is 10.3. The molecule has 70 valence electrons. The highest BCUT2D eigenvalue weighted by atomic mass is 32.2. The van der Waals surface area contributed by atoms with Gasteiger partial charge in [-0.15, -0.1) is 11.3 Å². The van der Waals surface area contributed by atoms with Crippen LogP contribution in [0.25, 0.3) is 10.2 Å². The Bertz CT molecular complexity index is 525. The molecule has 0 fully saturated rings. The lowest BCUT2D eigenvalue weighted by Crippen LogP contribution is -1.87. The minimum Gasteiger partial charge on any atom is -0.398 e. The third-order valence-electron chi connectivity index (χ3n) is 1.80. The van der Waals surface area contributed by atoms with Crippen LogP contribution in [0.15, 0.2) is 17.0 Å². The molecule has 0 aliphatic carbocycles. The quantitative estimate of drug-likeness (QED) is 0.457. The molecule has 0 aliphatic rings. The summed E-state index contributed by atoms with van der Waals surface area (Å²) in [4.78, 5) is 5.17. The number of nitrogen functional groups attached to an aromatic ring is 1. The van der Waals surface area contributed by atoms with E-state index in [2.05, 4.69) is 4.98 Å². The molecule has 0 spiro atoms. The van der Waals surface area contributed by atoms with Gasteiger partial charge in [-0.2, -0.15) is 5.26 Å². The number of thiazole rings is 1. The highest BCUT2D eigenvalue weighted by Gasteiger charge is 2.09. The molecule has 0 saturated heterocycles. The highest BCUT2D eigenvalue weighted by molar-refractivity contribution is 8.04. The lowest BCUT2D eigenvalue weighted by atomic mass is 10.3. The van der Waals surface area contributed by atoms with E-state index >= 15 is 0 Å². The standard InChI is InChI=1S/C9H7N3S2/c1-5-12-7-3-2-6(11)8(13-4-10)9(7)14-5/h2-3H,11H2,1H3. The monoisotopic (exact) mass is 221 g/mol. The number of nitrogens with two attached hydrogens (primary N) is 1. The zero-order valence-electron chi connectivity index (χ0n) is 7.44. The first-order chi connectivity index (χ1) is 6.72. The fourth-order valence-electron chi connectivity index (χ4n) is 1.25. The van der Waals surface area contributed by atoms with Crippen LogP contribution in [-0.4, -0.2) is 4.98 Å². The number of thiocyanates is 1. The van der Waals surface area contributed by atoms with Crippen molar-refractivity contribution in [2.24, 2.45) is 0 Å². The molecule has 1 aromatic heterocycles. The maximum absolute atomic E-state index is 8.65. The molecular weight excluding hydrogens is 214 g/mol. The van der Waals surface area contributed by atoms with Crippen LogP contribution in [0.4, 0.5) is 5.69 Å². The maximum Gasteiger partial charge on any atom is 0.138 e. The Balaban J connectivity index is 2.76. The number of fused-ring (bicyclic) bond motifs is 1. The number of thioether (sulfide) groups is 1. The zero-order valence-corrected chi connectivity index (χ0v) is 9.08. The summed E-state index contributed by atoms with van der Waals surface area (Å²) in [6.07, 6.45) is 0. The Morgan fingerprint density at radius 3 is 3.07 bits per heavy atom. The first kappa shape index (κ1) is 9.31. The van der Waals surface area contributed by atoms with Crippen LogP contribution in [0.1, 0.15) is 5.01 Å². The number of aromatic nitrogens is 1. The number of rotatable bonds is 1. The van der Waals surface area contributed by atoms with Gasteiger partial charge in [0.25, 0.3) is 0 Å². The largest absolute Gasteiger partial charge is 0.398 e. The van der Waals surface area contributed by atoms with Gasteiger partial charge in [0, 0.05) is 5.69 Å². The van der Waals surface area contributed by atoms with Crippen LogP contribution in [0, 0.1) is 17.6 Å². The lowest BCUT2D eigenvalue weighted by Gasteiger charge is -1.99. The zero-order chi connectivity index (χ0) is 10.1. The molecule has 0 unspecified atom stereocenters. The minimum absolute atomic E-state index is 0.646. The van der Waals surface area contributed by atoms with Crippen molar-refractivity contribution in [2.75, 3.05) is 5.73 Å². The van der Waals surface area contributed by atoms with Crippen molar-refractivity contribution in [1.82, 2.24) is 4.98 Å². The highest BCUT2D eigenvalue weighted by Crippen LogP contribution is 2.35. The van der Waals surface area contributed by atoms with E-state index in [1.54, 1.807) is 17.4 Å². The summed E-state index contributed by atoms with van der Waals surface area (Å²) in [5.74, 6) is 0. The van der Waals surface area contributed by atoms with E-state index in [1.807, 2.05) is 18.4 Å². The van der Waals surface area contributed by atoms with Crippen LogP contribution in [0.5, 0.6) is 0 Å². The number of nitrogens with zero attached hydrogens (tertiary/aromatic N) is 2. The van der Waals surface area contributed by atoms with Crippen molar-refractivity contribution in [3.05, 3.63) is 17.1 Å². The van der Waals surface area contributed by atoms with Crippen molar-refractivity contribution < 1.29 is 0 Å². The molecular formula is C9H7N3S2. The average Bonchev–Trinajstić information content (AvgIpc) is 2.51. The van der Waals surface area contributed by atoms with Crippen LogP contribution >= 0.6 is 23.1 Å². The number of hydrogen-bond donors (Lipinski definition) is 1. The van der Waals surface area contributed by atoms with E-state index < -0.39 is 0 Å². The molecule has 0 atom stereocenters. The molecule has 0 bridgehead atoms. The summed E-state index contributed by atoms with van der Waals surface area (Å²) in [5.41, 5.74) is 7.35. The van der Waals surface area contributed by atoms with Gasteiger partial charge in [-0.1, -0.05) is 0 Å². The van der Waals surface area contributed by atoms with Gasteiger partial charge in [0.2, 0.25) is 0 Å². The lowest BCUT2D eigenvalue weighted by molar-refractivity contribution is 1.34. The Hall–Kier alpha value is -1.25. The first-order valence-electron chi connectivity index (χ1n) is 3.94. The Kier molecular flexibility index (Phi) is 2.32. The van der Waals surface area contributed by atoms with E-state index in [4.69, 9.17) is 11.0 Å². The van der Waals surface area contributed by atoms with Crippen LogP contribution in [0.3, 0.4) is 0 Å². The molecule has 2 N–H and O–H groups in total. The molecule has 0 amide bonds. The summed E-state index contributed by atoms with van der Waals surface area (Å²) in [5, 5.41) is 11.7. The molecule has 14 heavy (non-hydrogen) atoms. The predicted molar refractivity (Wildman–Crippen MR) is 60.2 cm³/mol. The Morgan fingerprint density at radius 1 is 1.57 bits per heavy atom. The number of hydrogen-bond acceptors (Lipinski definition) is 5. The van der Waals surface area contributed by atoms with Gasteiger partial charge in [0.15, 0.2) is 0 Å². The number of anilines is 1. The van der Waals surface area contributed by atoms with Gasteiger partial charge in [-0.25, -0.2) is 4.98 Å². The summed E-state index contributed by atoms with van der Waals surface area (Å²) in [6.45, 7) is 1.95. The third kappa shape index (κ3) is 1.43. The summed E-state index contributed by atoms with van der Waals surface area (Å²) >= 11 is 2.67. The van der Waals surface area contributed by atoms with Gasteiger partial charge < -0.3 is 5.73 Å². The average molecular weight is 221 g/mol. The maximum atomic E-state index is 8.65. The SMILES string of the molecule is Cc1nc2ccc(N)c(SC#N)c2s1. The van der Waals surface area contributed by atoms with E-state index in [9.17, 15) is 0 Å². The molecule has 0 aliphatic heterocycles. The second-order valence-corrected chi connectivity index (χ2v) is 4.76. The van der Waals surface area contributed by atoms with Gasteiger partial charge >= 0.3 is 0 Å². The summed E-state index contributed by atoms with van der Waals surface area (Å²) < 4.78 is 1.01. The predicted octanol–water partition coefficient (Wildman–Crippen LogP) is 2.76. The van der Waals surface area contributed by atoms with Gasteiger partial charge in [-0.3, -0.25) is 0 Å². The van der Waals surface area contributed by atoms with Gasteiger partial charge in [-0.05, 0) is 30.8 Å². The van der Waals surface area contributed by atoms with Gasteiger partial charge in [0.1, 0.15) is 5.40 Å².